The zero-order chi connectivity index (χ0) is 13.1. The number of pyridine rings is 2. The molecule has 0 atom stereocenters. The van der Waals surface area contributed by atoms with E-state index in [1.807, 2.05) is 0 Å². The molecule has 0 aliphatic heterocycles. The number of hydrogen-bond acceptors (Lipinski definition) is 4. The van der Waals surface area contributed by atoms with Crippen LogP contribution in [0.25, 0.3) is 0 Å². The highest BCUT2D eigenvalue weighted by molar-refractivity contribution is 6.29. The Morgan fingerprint density at radius 3 is 2.83 bits per heavy atom. The molecule has 0 aliphatic rings. The first-order valence-corrected chi connectivity index (χ1v) is 5.53. The second-order valence-corrected chi connectivity index (χ2v) is 4.03. The van der Waals surface area contributed by atoms with Gasteiger partial charge in [0.1, 0.15) is 5.15 Å². The van der Waals surface area contributed by atoms with E-state index in [9.17, 15) is 4.79 Å². The normalized spacial score (nSPS) is 10.1. The monoisotopic (exact) mass is 263 g/mol. The lowest BCUT2D eigenvalue weighted by atomic mass is 10.2. The number of nitrogens with one attached hydrogen (secondary N) is 1. The van der Waals surface area contributed by atoms with Crippen LogP contribution in [0.15, 0.2) is 30.5 Å². The third kappa shape index (κ3) is 2.75. The molecule has 2 rings (SSSR count). The molecule has 2 aromatic heterocycles. The van der Waals surface area contributed by atoms with Gasteiger partial charge in [-0.1, -0.05) is 11.6 Å². The van der Waals surface area contributed by atoms with Crippen molar-refractivity contribution in [2.24, 2.45) is 0 Å². The number of nitrogens with zero attached hydrogens (tertiary/aromatic N) is 2. The van der Waals surface area contributed by atoms with Gasteiger partial charge in [0.25, 0.3) is 0 Å². The molecule has 5 nitrogen and oxygen atoms in total. The van der Waals surface area contributed by atoms with E-state index < -0.39 is 5.97 Å². The van der Waals surface area contributed by atoms with E-state index in [1.165, 1.54) is 6.20 Å². The van der Waals surface area contributed by atoms with E-state index >= 15 is 0 Å². The minimum atomic E-state index is -1.08. The van der Waals surface area contributed by atoms with Crippen LogP contribution in [-0.2, 0) is 0 Å². The smallest absolute Gasteiger partial charge is 0.356 e. The van der Waals surface area contributed by atoms with Gasteiger partial charge in [-0.15, -0.1) is 0 Å². The van der Waals surface area contributed by atoms with Crippen molar-refractivity contribution in [1.82, 2.24) is 9.97 Å². The Morgan fingerprint density at radius 1 is 1.39 bits per heavy atom. The maximum atomic E-state index is 11.1. The molecule has 18 heavy (non-hydrogen) atoms. The van der Waals surface area contributed by atoms with Crippen LogP contribution in [0.3, 0.4) is 0 Å². The number of carbonyl (C=O) groups is 1. The van der Waals surface area contributed by atoms with E-state index in [-0.39, 0.29) is 5.69 Å². The van der Waals surface area contributed by atoms with Gasteiger partial charge in [0.05, 0.1) is 5.69 Å². The van der Waals surface area contributed by atoms with Crippen LogP contribution in [0.2, 0.25) is 5.15 Å². The zero-order valence-electron chi connectivity index (χ0n) is 9.51. The van der Waals surface area contributed by atoms with Gasteiger partial charge in [-0.3, -0.25) is 0 Å². The molecule has 0 saturated carbocycles. The quantitative estimate of drug-likeness (QED) is 0.833. The van der Waals surface area contributed by atoms with Gasteiger partial charge >= 0.3 is 5.97 Å². The summed E-state index contributed by atoms with van der Waals surface area (Å²) in [5, 5.41) is 12.4. The Labute approximate surface area is 108 Å². The van der Waals surface area contributed by atoms with Crippen LogP contribution >= 0.6 is 11.6 Å². The molecule has 0 aromatic carbocycles. The number of rotatable bonds is 3. The van der Waals surface area contributed by atoms with E-state index in [4.69, 9.17) is 16.7 Å². The Morgan fingerprint density at radius 2 is 2.17 bits per heavy atom. The number of aromatic nitrogens is 2. The summed E-state index contributed by atoms with van der Waals surface area (Å²) in [4.78, 5) is 18.9. The molecule has 2 aromatic rings. The second kappa shape index (κ2) is 5.01. The summed E-state index contributed by atoms with van der Waals surface area (Å²) in [6.45, 7) is 1.74. The van der Waals surface area contributed by atoms with Gasteiger partial charge in [0.15, 0.2) is 5.69 Å². The minimum absolute atomic E-state index is 0.0251. The number of carboxylic acid groups (broad SMARTS) is 1. The molecule has 0 fully saturated rings. The highest BCUT2D eigenvalue weighted by Gasteiger charge is 2.12. The Balaban J connectivity index is 2.37. The van der Waals surface area contributed by atoms with E-state index in [0.717, 1.165) is 0 Å². The summed E-state index contributed by atoms with van der Waals surface area (Å²) in [7, 11) is 0. The fourth-order valence-electron chi connectivity index (χ4n) is 1.46. The van der Waals surface area contributed by atoms with Crippen molar-refractivity contribution in [1.29, 1.82) is 0 Å². The van der Waals surface area contributed by atoms with Crippen molar-refractivity contribution in [3.8, 4) is 0 Å². The fraction of sp³-hybridized carbons (Fsp3) is 0.0833. The van der Waals surface area contributed by atoms with Gasteiger partial charge in [0.2, 0.25) is 0 Å². The second-order valence-electron chi connectivity index (χ2n) is 3.65. The van der Waals surface area contributed by atoms with Crippen molar-refractivity contribution < 1.29 is 9.90 Å². The third-order valence-electron chi connectivity index (χ3n) is 2.24. The molecule has 0 aliphatic carbocycles. The molecule has 0 spiro atoms. The zero-order valence-corrected chi connectivity index (χ0v) is 10.3. The molecule has 0 amide bonds. The summed E-state index contributed by atoms with van der Waals surface area (Å²) >= 11 is 5.76. The molecule has 0 saturated heterocycles. The topological polar surface area (TPSA) is 75.1 Å². The Kier molecular flexibility index (Phi) is 3.43. The van der Waals surface area contributed by atoms with Gasteiger partial charge in [-0.2, -0.15) is 0 Å². The lowest BCUT2D eigenvalue weighted by molar-refractivity contribution is 0.0691. The molecule has 0 radical (unpaired) electrons. The summed E-state index contributed by atoms with van der Waals surface area (Å²) in [6.07, 6.45) is 1.53. The molecule has 2 heterocycles. The van der Waals surface area contributed by atoms with Crippen LogP contribution in [0.5, 0.6) is 0 Å². The number of hydrogen-bond donors (Lipinski definition) is 2. The first kappa shape index (κ1) is 12.3. The van der Waals surface area contributed by atoms with Crippen molar-refractivity contribution in [3.63, 3.8) is 0 Å². The van der Waals surface area contributed by atoms with Crippen molar-refractivity contribution in [2.45, 2.75) is 6.92 Å². The number of aryl methyl sites for hydroxylation is 1. The summed E-state index contributed by atoms with van der Waals surface area (Å²) < 4.78 is 0. The van der Waals surface area contributed by atoms with E-state index in [0.29, 0.717) is 22.2 Å². The standard InChI is InChI=1S/C12H10ClN3O2/c1-7-2-3-9(11(15-7)12(17)18)16-8-4-5-14-10(13)6-8/h2-6H,1H3,(H,14,16)(H,17,18). The predicted molar refractivity (Wildman–Crippen MR) is 68.5 cm³/mol. The molecule has 0 unspecified atom stereocenters. The first-order valence-electron chi connectivity index (χ1n) is 5.16. The summed E-state index contributed by atoms with van der Waals surface area (Å²) in [5.41, 5.74) is 1.69. The van der Waals surface area contributed by atoms with Gasteiger partial charge in [-0.05, 0) is 31.2 Å². The van der Waals surface area contributed by atoms with Crippen molar-refractivity contribution in [3.05, 3.63) is 47.0 Å². The average Bonchev–Trinajstić information content (AvgIpc) is 2.31. The number of halogens is 1. The first-order chi connectivity index (χ1) is 8.56. The van der Waals surface area contributed by atoms with Gasteiger partial charge in [-0.25, -0.2) is 14.8 Å². The highest BCUT2D eigenvalue weighted by atomic mass is 35.5. The van der Waals surface area contributed by atoms with Gasteiger partial charge < -0.3 is 10.4 Å². The van der Waals surface area contributed by atoms with Crippen LogP contribution < -0.4 is 5.32 Å². The van der Waals surface area contributed by atoms with Crippen LogP contribution in [0.4, 0.5) is 11.4 Å². The molecular weight excluding hydrogens is 254 g/mol. The predicted octanol–water partition coefficient (Wildman–Crippen LogP) is 2.88. The SMILES string of the molecule is Cc1ccc(Nc2ccnc(Cl)c2)c(C(=O)O)n1. The highest BCUT2D eigenvalue weighted by Crippen LogP contribution is 2.21. The summed E-state index contributed by atoms with van der Waals surface area (Å²) in [6, 6.07) is 6.70. The largest absolute Gasteiger partial charge is 0.476 e. The van der Waals surface area contributed by atoms with Crippen LogP contribution in [0.1, 0.15) is 16.2 Å². The molecule has 0 bridgehead atoms. The molecular formula is C12H10ClN3O2. The lowest BCUT2D eigenvalue weighted by Crippen LogP contribution is -2.06. The van der Waals surface area contributed by atoms with Gasteiger partial charge in [0, 0.05) is 17.6 Å². The fourth-order valence-corrected chi connectivity index (χ4v) is 1.63. The average molecular weight is 264 g/mol. The molecule has 92 valence electrons. The summed E-state index contributed by atoms with van der Waals surface area (Å²) in [5.74, 6) is -1.08. The number of aromatic carboxylic acids is 1. The van der Waals surface area contributed by atoms with Crippen molar-refractivity contribution in [2.75, 3.05) is 5.32 Å². The Bertz CT molecular complexity index is 602. The lowest BCUT2D eigenvalue weighted by Gasteiger charge is -2.09. The van der Waals surface area contributed by atoms with Crippen LogP contribution in [-0.4, -0.2) is 21.0 Å². The van der Waals surface area contributed by atoms with Crippen LogP contribution in [0, 0.1) is 6.92 Å². The Hall–Kier alpha value is -2.14. The molecule has 6 heteroatoms. The van der Waals surface area contributed by atoms with Crippen molar-refractivity contribution >= 4 is 28.9 Å². The maximum Gasteiger partial charge on any atom is 0.356 e. The maximum absolute atomic E-state index is 11.1. The number of carboxylic acids is 1. The molecule has 2 N–H and O–H groups in total. The minimum Gasteiger partial charge on any atom is -0.476 e. The third-order valence-corrected chi connectivity index (χ3v) is 2.45. The van der Waals surface area contributed by atoms with E-state index in [2.05, 4.69) is 15.3 Å². The van der Waals surface area contributed by atoms with E-state index in [1.54, 1.807) is 31.2 Å². The number of anilines is 2.